The number of hydrogen-bond acceptors (Lipinski definition) is 8. The number of aromatic nitrogens is 5. The van der Waals surface area contributed by atoms with E-state index in [0.29, 0.717) is 11.4 Å². The Hall–Kier alpha value is -4.66. The lowest BCUT2D eigenvalue weighted by Gasteiger charge is -2.13. The zero-order valence-electron chi connectivity index (χ0n) is 20.2. The lowest BCUT2D eigenvalue weighted by molar-refractivity contribution is 0.0946. The minimum absolute atomic E-state index is 0.0178. The highest BCUT2D eigenvalue weighted by atomic mass is 16.3. The Bertz CT molecular complexity index is 1560. The highest BCUT2D eigenvalue weighted by Crippen LogP contribution is 2.31. The largest absolute Gasteiger partial charge is 0.443 e. The molecule has 0 bridgehead atoms. The van der Waals surface area contributed by atoms with Crippen molar-refractivity contribution < 1.29 is 9.21 Å². The second kappa shape index (κ2) is 9.53. The first-order valence-corrected chi connectivity index (χ1v) is 11.6. The Labute approximate surface area is 207 Å². The van der Waals surface area contributed by atoms with Crippen molar-refractivity contribution in [2.45, 2.75) is 33.2 Å². The van der Waals surface area contributed by atoms with Crippen LogP contribution in [-0.4, -0.2) is 30.8 Å². The first kappa shape index (κ1) is 23.1. The molecule has 0 fully saturated rings. The van der Waals surface area contributed by atoms with Gasteiger partial charge in [-0.3, -0.25) is 14.8 Å². The average molecular weight is 480 g/mol. The summed E-state index contributed by atoms with van der Waals surface area (Å²) in [5.74, 6) is 0.0723. The van der Waals surface area contributed by atoms with Crippen LogP contribution in [0.2, 0.25) is 0 Å². The molecule has 1 amide bonds. The van der Waals surface area contributed by atoms with Gasteiger partial charge in [-0.2, -0.15) is 0 Å². The quantitative estimate of drug-likeness (QED) is 0.358. The van der Waals surface area contributed by atoms with Gasteiger partial charge in [0.05, 0.1) is 24.0 Å². The van der Waals surface area contributed by atoms with Gasteiger partial charge in [0.15, 0.2) is 17.2 Å². The standard InChI is InChI=1S/C27H25N7O2/c1-15(2)19-8-6-16(3)21(32-19)14-31-26(35)24-25(28)34-23(27-30-11-12-36-27)22(33-24)18-7-9-20-17(13-18)5-4-10-29-20/h4-13,15H,14H2,1-3H3,(H2,28,34)(H,31,35). The smallest absolute Gasteiger partial charge is 0.274 e. The molecule has 1 aromatic carbocycles. The van der Waals surface area contributed by atoms with Gasteiger partial charge in [0.2, 0.25) is 5.89 Å². The molecule has 0 atom stereocenters. The van der Waals surface area contributed by atoms with Crippen molar-refractivity contribution in [2.24, 2.45) is 0 Å². The molecule has 4 heterocycles. The molecule has 0 aliphatic heterocycles. The Balaban J connectivity index is 1.52. The summed E-state index contributed by atoms with van der Waals surface area (Å²) in [6, 6.07) is 13.5. The number of rotatable bonds is 6. The third-order valence-corrected chi connectivity index (χ3v) is 5.88. The van der Waals surface area contributed by atoms with Gasteiger partial charge in [0.25, 0.3) is 5.91 Å². The van der Waals surface area contributed by atoms with Crippen molar-refractivity contribution in [2.75, 3.05) is 5.73 Å². The molecule has 0 radical (unpaired) electrons. The van der Waals surface area contributed by atoms with Crippen molar-refractivity contribution in [3.05, 3.63) is 83.8 Å². The fraction of sp³-hybridized carbons (Fsp3) is 0.185. The molecule has 9 heteroatoms. The van der Waals surface area contributed by atoms with E-state index in [4.69, 9.17) is 15.1 Å². The molecule has 4 aromatic heterocycles. The van der Waals surface area contributed by atoms with Crippen LogP contribution in [0.3, 0.4) is 0 Å². The second-order valence-corrected chi connectivity index (χ2v) is 8.74. The van der Waals surface area contributed by atoms with E-state index < -0.39 is 5.91 Å². The number of carbonyl (C=O) groups is 1. The minimum Gasteiger partial charge on any atom is -0.443 e. The number of fused-ring (bicyclic) bond motifs is 1. The van der Waals surface area contributed by atoms with Crippen LogP contribution in [0.15, 0.2) is 65.5 Å². The number of pyridine rings is 2. The summed E-state index contributed by atoms with van der Waals surface area (Å²) >= 11 is 0. The van der Waals surface area contributed by atoms with Crippen molar-refractivity contribution in [1.82, 2.24) is 30.2 Å². The molecule has 0 unspecified atom stereocenters. The number of carbonyl (C=O) groups excluding carboxylic acids is 1. The highest BCUT2D eigenvalue weighted by Gasteiger charge is 2.22. The lowest BCUT2D eigenvalue weighted by Crippen LogP contribution is -2.26. The molecule has 9 nitrogen and oxygen atoms in total. The van der Waals surface area contributed by atoms with E-state index in [1.165, 1.54) is 12.5 Å². The van der Waals surface area contributed by atoms with E-state index in [9.17, 15) is 4.79 Å². The van der Waals surface area contributed by atoms with Crippen LogP contribution in [-0.2, 0) is 6.54 Å². The molecule has 0 aliphatic rings. The van der Waals surface area contributed by atoms with Gasteiger partial charge in [-0.1, -0.05) is 32.0 Å². The zero-order chi connectivity index (χ0) is 25.2. The zero-order valence-corrected chi connectivity index (χ0v) is 20.2. The number of aryl methyl sites for hydroxylation is 1. The Kier molecular flexibility index (Phi) is 6.12. The summed E-state index contributed by atoms with van der Waals surface area (Å²) in [5, 5.41) is 3.81. The van der Waals surface area contributed by atoms with E-state index in [0.717, 1.165) is 33.4 Å². The molecular weight excluding hydrogens is 454 g/mol. The van der Waals surface area contributed by atoms with Crippen molar-refractivity contribution in [3.63, 3.8) is 0 Å². The van der Waals surface area contributed by atoms with E-state index in [-0.39, 0.29) is 29.9 Å². The fourth-order valence-corrected chi connectivity index (χ4v) is 3.87. The van der Waals surface area contributed by atoms with E-state index in [2.05, 4.69) is 39.1 Å². The Morgan fingerprint density at radius 2 is 1.89 bits per heavy atom. The molecule has 180 valence electrons. The van der Waals surface area contributed by atoms with Crippen LogP contribution in [0.25, 0.3) is 33.7 Å². The predicted octanol–water partition coefficient (Wildman–Crippen LogP) is 4.69. The predicted molar refractivity (Wildman–Crippen MR) is 137 cm³/mol. The number of nitrogens with two attached hydrogens (primary N) is 1. The maximum Gasteiger partial charge on any atom is 0.274 e. The van der Waals surface area contributed by atoms with Gasteiger partial charge in [0, 0.05) is 22.8 Å². The molecule has 0 saturated carbocycles. The maximum atomic E-state index is 13.2. The van der Waals surface area contributed by atoms with Gasteiger partial charge in [-0.15, -0.1) is 0 Å². The topological polar surface area (TPSA) is 133 Å². The summed E-state index contributed by atoms with van der Waals surface area (Å²) in [6.45, 7) is 6.36. The third kappa shape index (κ3) is 4.50. The van der Waals surface area contributed by atoms with E-state index in [1.807, 2.05) is 49.4 Å². The van der Waals surface area contributed by atoms with Crippen molar-refractivity contribution in [3.8, 4) is 22.8 Å². The SMILES string of the molecule is Cc1ccc(C(C)C)nc1CNC(=O)c1nc(-c2ccc3ncccc3c2)c(-c2ncco2)nc1N. The van der Waals surface area contributed by atoms with Gasteiger partial charge in [-0.05, 0) is 42.7 Å². The molecule has 5 aromatic rings. The molecule has 3 N–H and O–H groups in total. The van der Waals surface area contributed by atoms with Crippen LogP contribution in [0, 0.1) is 6.92 Å². The van der Waals surface area contributed by atoms with Gasteiger partial charge >= 0.3 is 0 Å². The van der Waals surface area contributed by atoms with Crippen LogP contribution < -0.4 is 11.1 Å². The lowest BCUT2D eigenvalue weighted by atomic mass is 10.1. The normalized spacial score (nSPS) is 11.2. The highest BCUT2D eigenvalue weighted by molar-refractivity contribution is 5.98. The number of amides is 1. The summed E-state index contributed by atoms with van der Waals surface area (Å²) in [5.41, 5.74) is 11.3. The minimum atomic E-state index is -0.446. The summed E-state index contributed by atoms with van der Waals surface area (Å²) in [4.78, 5) is 35.6. The second-order valence-electron chi connectivity index (χ2n) is 8.74. The number of benzene rings is 1. The maximum absolute atomic E-state index is 13.2. The molecule has 5 rings (SSSR count). The van der Waals surface area contributed by atoms with Gasteiger partial charge in [-0.25, -0.2) is 15.0 Å². The van der Waals surface area contributed by atoms with Crippen molar-refractivity contribution >= 4 is 22.6 Å². The first-order chi connectivity index (χ1) is 17.4. The molecule has 0 aliphatic carbocycles. The molecule has 0 saturated heterocycles. The van der Waals surface area contributed by atoms with Crippen molar-refractivity contribution in [1.29, 1.82) is 0 Å². The van der Waals surface area contributed by atoms with Crippen LogP contribution in [0.4, 0.5) is 5.82 Å². The summed E-state index contributed by atoms with van der Waals surface area (Å²) < 4.78 is 5.48. The fourth-order valence-electron chi connectivity index (χ4n) is 3.87. The Morgan fingerprint density at radius 3 is 2.67 bits per heavy atom. The third-order valence-electron chi connectivity index (χ3n) is 5.88. The number of nitrogen functional groups attached to an aromatic ring is 1. The van der Waals surface area contributed by atoms with E-state index in [1.54, 1.807) is 6.20 Å². The van der Waals surface area contributed by atoms with E-state index >= 15 is 0 Å². The van der Waals surface area contributed by atoms with Crippen LogP contribution in [0.5, 0.6) is 0 Å². The number of oxazole rings is 1. The monoisotopic (exact) mass is 479 g/mol. The molecule has 36 heavy (non-hydrogen) atoms. The van der Waals surface area contributed by atoms with Crippen LogP contribution >= 0.6 is 0 Å². The summed E-state index contributed by atoms with van der Waals surface area (Å²) in [6.07, 6.45) is 4.70. The molecule has 0 spiro atoms. The Morgan fingerprint density at radius 1 is 1.03 bits per heavy atom. The number of hydrogen-bond donors (Lipinski definition) is 2. The number of nitrogens with zero attached hydrogens (tertiary/aromatic N) is 5. The number of nitrogens with one attached hydrogen (secondary N) is 1. The average Bonchev–Trinajstić information content (AvgIpc) is 3.42. The van der Waals surface area contributed by atoms with Gasteiger partial charge < -0.3 is 15.5 Å². The van der Waals surface area contributed by atoms with Gasteiger partial charge in [0.1, 0.15) is 12.0 Å². The summed E-state index contributed by atoms with van der Waals surface area (Å²) in [7, 11) is 0. The number of anilines is 1. The first-order valence-electron chi connectivity index (χ1n) is 11.6. The molecular formula is C27H25N7O2. The van der Waals surface area contributed by atoms with Crippen LogP contribution in [0.1, 0.15) is 47.2 Å².